The van der Waals surface area contributed by atoms with E-state index in [1.165, 1.54) is 20.1 Å². The maximum absolute atomic E-state index is 12.1. The van der Waals surface area contributed by atoms with Gasteiger partial charge in [-0.3, -0.25) is 4.79 Å². The van der Waals surface area contributed by atoms with Crippen LogP contribution in [0.25, 0.3) is 0 Å². The van der Waals surface area contributed by atoms with Crippen LogP contribution in [-0.4, -0.2) is 31.1 Å². The number of anilines is 1. The molecule has 0 aromatic heterocycles. The van der Waals surface area contributed by atoms with Gasteiger partial charge < -0.3 is 20.5 Å². The Balaban J connectivity index is 2.77. The summed E-state index contributed by atoms with van der Waals surface area (Å²) in [7, 11) is 1.42. The van der Waals surface area contributed by atoms with Crippen molar-refractivity contribution in [2.24, 2.45) is 0 Å². The topological polar surface area (TPSA) is 90.7 Å². The number of para-hydroxylation sites is 1. The van der Waals surface area contributed by atoms with Gasteiger partial charge in [-0.25, -0.2) is 4.79 Å². The molecule has 0 spiro atoms. The van der Waals surface area contributed by atoms with Crippen LogP contribution in [0.15, 0.2) is 18.2 Å². The predicted octanol–water partition coefficient (Wildman–Crippen LogP) is 1.74. The molecule has 0 saturated carbocycles. The van der Waals surface area contributed by atoms with Gasteiger partial charge >= 0.3 is 5.97 Å². The summed E-state index contributed by atoms with van der Waals surface area (Å²) >= 11 is 0. The number of esters is 1. The highest BCUT2D eigenvalue weighted by Gasteiger charge is 2.22. The lowest BCUT2D eigenvalue weighted by molar-refractivity contribution is -0.129. The zero-order valence-corrected chi connectivity index (χ0v) is 12.8. The van der Waals surface area contributed by atoms with Crippen molar-refractivity contribution in [1.82, 2.24) is 5.32 Å². The van der Waals surface area contributed by atoms with E-state index in [0.717, 1.165) is 6.42 Å². The first-order chi connectivity index (χ1) is 9.90. The molecule has 0 saturated heterocycles. The van der Waals surface area contributed by atoms with Crippen molar-refractivity contribution in [3.63, 3.8) is 0 Å². The second-order valence-electron chi connectivity index (χ2n) is 4.79. The molecule has 2 unspecified atom stereocenters. The summed E-state index contributed by atoms with van der Waals surface area (Å²) in [5.74, 6) is -0.733. The number of carbonyl (C=O) groups excluding carboxylic acids is 2. The molecular weight excluding hydrogens is 272 g/mol. The van der Waals surface area contributed by atoms with Gasteiger partial charge in [-0.15, -0.1) is 0 Å². The van der Waals surface area contributed by atoms with Gasteiger partial charge in [0.15, 0.2) is 11.9 Å². The largest absolute Gasteiger partial charge is 0.494 e. The van der Waals surface area contributed by atoms with E-state index < -0.39 is 12.1 Å². The highest BCUT2D eigenvalue weighted by molar-refractivity contribution is 5.96. The molecule has 116 valence electrons. The highest BCUT2D eigenvalue weighted by atomic mass is 16.5. The summed E-state index contributed by atoms with van der Waals surface area (Å²) in [6.07, 6.45) is -0.0900. The number of carbonyl (C=O) groups is 2. The number of nitrogen functional groups attached to an aromatic ring is 1. The van der Waals surface area contributed by atoms with E-state index >= 15 is 0 Å². The van der Waals surface area contributed by atoms with Gasteiger partial charge in [-0.05, 0) is 32.4 Å². The van der Waals surface area contributed by atoms with E-state index in [1.807, 2.05) is 13.8 Å². The lowest BCUT2D eigenvalue weighted by Gasteiger charge is -2.17. The zero-order valence-electron chi connectivity index (χ0n) is 12.8. The molecule has 21 heavy (non-hydrogen) atoms. The molecule has 0 fully saturated rings. The minimum Gasteiger partial charge on any atom is -0.494 e. The lowest BCUT2D eigenvalue weighted by Crippen LogP contribution is -2.40. The Morgan fingerprint density at radius 1 is 1.33 bits per heavy atom. The van der Waals surface area contributed by atoms with Gasteiger partial charge in [0, 0.05) is 6.04 Å². The number of amides is 1. The van der Waals surface area contributed by atoms with Crippen LogP contribution < -0.4 is 15.8 Å². The number of nitrogens with two attached hydrogens (primary N) is 1. The third-order valence-corrected chi connectivity index (χ3v) is 3.12. The summed E-state index contributed by atoms with van der Waals surface area (Å²) in [5.41, 5.74) is 6.26. The number of benzene rings is 1. The molecule has 1 amide bonds. The molecular formula is C15H22N2O4. The van der Waals surface area contributed by atoms with Crippen molar-refractivity contribution in [3.05, 3.63) is 23.8 Å². The van der Waals surface area contributed by atoms with Gasteiger partial charge in [-0.1, -0.05) is 13.0 Å². The third-order valence-electron chi connectivity index (χ3n) is 3.12. The number of rotatable bonds is 6. The van der Waals surface area contributed by atoms with Crippen LogP contribution in [0.1, 0.15) is 37.6 Å². The Hall–Kier alpha value is -2.24. The second-order valence-corrected chi connectivity index (χ2v) is 4.79. The fourth-order valence-corrected chi connectivity index (χ4v) is 1.68. The normalized spacial score (nSPS) is 13.1. The van der Waals surface area contributed by atoms with Crippen LogP contribution in [0.5, 0.6) is 5.75 Å². The molecule has 1 aromatic carbocycles. The maximum Gasteiger partial charge on any atom is 0.342 e. The van der Waals surface area contributed by atoms with Crippen LogP contribution in [0.2, 0.25) is 0 Å². The number of ether oxygens (including phenoxy) is 2. The number of hydrogen-bond acceptors (Lipinski definition) is 5. The van der Waals surface area contributed by atoms with Crippen molar-refractivity contribution in [3.8, 4) is 5.75 Å². The summed E-state index contributed by atoms with van der Waals surface area (Å²) < 4.78 is 10.2. The second kappa shape index (κ2) is 7.52. The van der Waals surface area contributed by atoms with Crippen LogP contribution in [0.3, 0.4) is 0 Å². The number of nitrogens with one attached hydrogen (secondary N) is 1. The Bertz CT molecular complexity index is 516. The molecule has 0 aliphatic carbocycles. The molecule has 6 heteroatoms. The van der Waals surface area contributed by atoms with Crippen molar-refractivity contribution in [1.29, 1.82) is 0 Å². The van der Waals surface area contributed by atoms with Crippen molar-refractivity contribution < 1.29 is 19.1 Å². The van der Waals surface area contributed by atoms with Crippen LogP contribution in [-0.2, 0) is 9.53 Å². The van der Waals surface area contributed by atoms with E-state index in [9.17, 15) is 9.59 Å². The first-order valence-electron chi connectivity index (χ1n) is 6.84. The standard InChI is InChI=1S/C15H22N2O4/c1-5-9(2)17-14(18)10(3)21-15(19)11-7-6-8-12(16)13(11)20-4/h6-10H,5,16H2,1-4H3,(H,17,18). The fraction of sp³-hybridized carbons (Fsp3) is 0.467. The van der Waals surface area contributed by atoms with E-state index in [0.29, 0.717) is 5.69 Å². The van der Waals surface area contributed by atoms with Crippen LogP contribution in [0.4, 0.5) is 5.69 Å². The van der Waals surface area contributed by atoms with Gasteiger partial charge in [0.1, 0.15) is 5.56 Å². The molecule has 3 N–H and O–H groups in total. The predicted molar refractivity (Wildman–Crippen MR) is 80.2 cm³/mol. The molecule has 0 aliphatic rings. The zero-order chi connectivity index (χ0) is 16.0. The number of methoxy groups -OCH3 is 1. The van der Waals surface area contributed by atoms with Gasteiger partial charge in [0.25, 0.3) is 5.91 Å². The van der Waals surface area contributed by atoms with Gasteiger partial charge in [0.05, 0.1) is 12.8 Å². The minimum atomic E-state index is -0.891. The third kappa shape index (κ3) is 4.37. The maximum atomic E-state index is 12.1. The molecule has 1 aromatic rings. The van der Waals surface area contributed by atoms with E-state index in [2.05, 4.69) is 5.32 Å². The molecule has 0 heterocycles. The molecule has 0 radical (unpaired) electrons. The molecule has 2 atom stereocenters. The summed E-state index contributed by atoms with van der Waals surface area (Å²) in [6, 6.07) is 4.81. The van der Waals surface area contributed by atoms with Gasteiger partial charge in [-0.2, -0.15) is 0 Å². The Morgan fingerprint density at radius 3 is 2.57 bits per heavy atom. The smallest absolute Gasteiger partial charge is 0.342 e. The Labute approximate surface area is 124 Å². The van der Waals surface area contributed by atoms with Crippen LogP contribution in [0, 0.1) is 0 Å². The highest BCUT2D eigenvalue weighted by Crippen LogP contribution is 2.26. The first-order valence-corrected chi connectivity index (χ1v) is 6.84. The monoisotopic (exact) mass is 294 g/mol. The van der Waals surface area contributed by atoms with Crippen molar-refractivity contribution >= 4 is 17.6 Å². The van der Waals surface area contributed by atoms with Crippen molar-refractivity contribution in [2.75, 3.05) is 12.8 Å². The summed E-state index contributed by atoms with van der Waals surface area (Å²) in [4.78, 5) is 24.0. The van der Waals surface area contributed by atoms with Crippen molar-refractivity contribution in [2.45, 2.75) is 39.3 Å². The van der Waals surface area contributed by atoms with E-state index in [4.69, 9.17) is 15.2 Å². The summed E-state index contributed by atoms with van der Waals surface area (Å²) in [5, 5.41) is 2.75. The van der Waals surface area contributed by atoms with Gasteiger partial charge in [0.2, 0.25) is 0 Å². The molecule has 6 nitrogen and oxygen atoms in total. The van der Waals surface area contributed by atoms with E-state index in [1.54, 1.807) is 12.1 Å². The Morgan fingerprint density at radius 2 is 2.00 bits per heavy atom. The Kier molecular flexibility index (Phi) is 6.02. The summed E-state index contributed by atoms with van der Waals surface area (Å²) in [6.45, 7) is 5.36. The molecule has 0 aliphatic heterocycles. The lowest BCUT2D eigenvalue weighted by atomic mass is 10.1. The SMILES string of the molecule is CCC(C)NC(=O)C(C)OC(=O)c1cccc(N)c1OC. The van der Waals surface area contributed by atoms with Crippen LogP contribution >= 0.6 is 0 Å². The van der Waals surface area contributed by atoms with E-state index in [-0.39, 0.29) is 23.3 Å². The minimum absolute atomic E-state index is 0.0283. The fourth-order valence-electron chi connectivity index (χ4n) is 1.68. The first kappa shape index (κ1) is 16.8. The number of hydrogen-bond donors (Lipinski definition) is 2. The average molecular weight is 294 g/mol. The molecule has 0 bridgehead atoms. The quantitative estimate of drug-likeness (QED) is 0.616. The molecule has 1 rings (SSSR count). The average Bonchev–Trinajstić information content (AvgIpc) is 2.46.